The minimum absolute atomic E-state index is 0.197. The number of nitrogens with one attached hydrogen (secondary N) is 1. The Hall–Kier alpha value is -2.57. The van der Waals surface area contributed by atoms with Crippen molar-refractivity contribution in [2.75, 3.05) is 6.54 Å². The highest BCUT2D eigenvalue weighted by Crippen LogP contribution is 2.26. The fourth-order valence-electron chi connectivity index (χ4n) is 3.56. The van der Waals surface area contributed by atoms with E-state index in [1.807, 2.05) is 23.8 Å². The van der Waals surface area contributed by atoms with Crippen LogP contribution < -0.4 is 0 Å². The quantitative estimate of drug-likeness (QED) is 0.587. The number of aromatic nitrogens is 3. The summed E-state index contributed by atoms with van der Waals surface area (Å²) in [5.74, 6) is 0.621. The fourth-order valence-corrected chi connectivity index (χ4v) is 4.22. The van der Waals surface area contributed by atoms with E-state index in [1.54, 1.807) is 23.5 Å². The summed E-state index contributed by atoms with van der Waals surface area (Å²) in [5, 5.41) is 3.00. The Morgan fingerprint density at radius 3 is 3.12 bits per heavy atom. The molecular formula is C20H17FN4S. The van der Waals surface area contributed by atoms with Crippen molar-refractivity contribution in [2.24, 2.45) is 0 Å². The number of hydrogen-bond acceptors (Lipinski definition) is 4. The maximum absolute atomic E-state index is 13.6. The summed E-state index contributed by atoms with van der Waals surface area (Å²) in [5.41, 5.74) is 4.43. The van der Waals surface area contributed by atoms with E-state index >= 15 is 0 Å². The number of nitrogens with zero attached hydrogens (tertiary/aromatic N) is 3. The lowest BCUT2D eigenvalue weighted by Gasteiger charge is -2.27. The summed E-state index contributed by atoms with van der Waals surface area (Å²) in [6.45, 7) is 2.55. The van der Waals surface area contributed by atoms with Gasteiger partial charge in [0, 0.05) is 54.9 Å². The lowest BCUT2D eigenvalue weighted by atomic mass is 10.1. The molecule has 0 spiro atoms. The number of halogens is 1. The summed E-state index contributed by atoms with van der Waals surface area (Å²) < 4.78 is 13.6. The van der Waals surface area contributed by atoms with Gasteiger partial charge in [0.1, 0.15) is 5.82 Å². The van der Waals surface area contributed by atoms with Crippen LogP contribution in [0.2, 0.25) is 0 Å². The first-order valence-corrected chi connectivity index (χ1v) is 9.51. The molecular weight excluding hydrogens is 347 g/mol. The SMILES string of the molecule is Fc1ccc2[nH]cc(CN3CCc4nc(-c5cccs5)ncc4C3)c2c1. The van der Waals surface area contributed by atoms with Crippen LogP contribution in [0.1, 0.15) is 16.8 Å². The predicted molar refractivity (Wildman–Crippen MR) is 101 cm³/mol. The maximum atomic E-state index is 13.6. The molecule has 1 aliphatic rings. The Bertz CT molecular complexity index is 1070. The molecule has 1 aromatic carbocycles. The first-order chi connectivity index (χ1) is 12.8. The van der Waals surface area contributed by atoms with Gasteiger partial charge in [-0.1, -0.05) is 6.07 Å². The standard InChI is InChI=1S/C20H17FN4S/c21-15-3-4-18-16(8-15)13(9-22-18)11-25-6-5-17-14(12-25)10-23-20(24-17)19-2-1-7-26-19/h1-4,7-10,22H,5-6,11-12H2. The monoisotopic (exact) mass is 364 g/mol. The molecule has 0 radical (unpaired) electrons. The molecule has 1 N–H and O–H groups in total. The Kier molecular flexibility index (Phi) is 3.80. The highest BCUT2D eigenvalue weighted by Gasteiger charge is 2.20. The third kappa shape index (κ3) is 2.81. The lowest BCUT2D eigenvalue weighted by molar-refractivity contribution is 0.244. The van der Waals surface area contributed by atoms with Crippen LogP contribution in [0.4, 0.5) is 4.39 Å². The molecule has 0 fully saturated rings. The van der Waals surface area contributed by atoms with Gasteiger partial charge in [-0.05, 0) is 35.2 Å². The molecule has 0 amide bonds. The normalized spacial score (nSPS) is 14.7. The van der Waals surface area contributed by atoms with Crippen LogP contribution in [-0.4, -0.2) is 26.4 Å². The molecule has 0 aliphatic carbocycles. The second-order valence-electron chi connectivity index (χ2n) is 6.61. The van der Waals surface area contributed by atoms with Gasteiger partial charge >= 0.3 is 0 Å². The maximum Gasteiger partial charge on any atom is 0.169 e. The minimum Gasteiger partial charge on any atom is -0.361 e. The molecule has 0 saturated carbocycles. The molecule has 0 atom stereocenters. The molecule has 4 aromatic rings. The minimum atomic E-state index is -0.197. The smallest absolute Gasteiger partial charge is 0.169 e. The van der Waals surface area contributed by atoms with Crippen molar-refractivity contribution in [3.8, 4) is 10.7 Å². The third-order valence-electron chi connectivity index (χ3n) is 4.88. The summed E-state index contributed by atoms with van der Waals surface area (Å²) in [6.07, 6.45) is 4.85. The number of H-pyrrole nitrogens is 1. The lowest BCUT2D eigenvalue weighted by Crippen LogP contribution is -2.30. The van der Waals surface area contributed by atoms with Crippen molar-refractivity contribution in [1.29, 1.82) is 0 Å². The molecule has 5 rings (SSSR count). The Balaban J connectivity index is 1.38. The molecule has 4 nitrogen and oxygen atoms in total. The molecule has 26 heavy (non-hydrogen) atoms. The van der Waals surface area contributed by atoms with Gasteiger partial charge in [-0.2, -0.15) is 0 Å². The highest BCUT2D eigenvalue weighted by molar-refractivity contribution is 7.13. The van der Waals surface area contributed by atoms with E-state index in [4.69, 9.17) is 4.98 Å². The Morgan fingerprint density at radius 2 is 2.23 bits per heavy atom. The number of aromatic amines is 1. The summed E-state index contributed by atoms with van der Waals surface area (Å²) in [7, 11) is 0. The van der Waals surface area contributed by atoms with Gasteiger partial charge in [-0.25, -0.2) is 14.4 Å². The van der Waals surface area contributed by atoms with E-state index in [1.165, 1.54) is 11.6 Å². The van der Waals surface area contributed by atoms with Crippen LogP contribution in [0.5, 0.6) is 0 Å². The van der Waals surface area contributed by atoms with Crippen LogP contribution in [0.3, 0.4) is 0 Å². The predicted octanol–water partition coefficient (Wildman–Crippen LogP) is 4.38. The van der Waals surface area contributed by atoms with Crippen molar-refractivity contribution in [3.63, 3.8) is 0 Å². The van der Waals surface area contributed by atoms with E-state index in [0.29, 0.717) is 0 Å². The largest absolute Gasteiger partial charge is 0.361 e. The molecule has 6 heteroatoms. The molecule has 0 saturated heterocycles. The molecule has 0 bridgehead atoms. The van der Waals surface area contributed by atoms with Gasteiger partial charge in [0.05, 0.1) is 10.6 Å². The number of thiophene rings is 1. The van der Waals surface area contributed by atoms with E-state index in [2.05, 4.69) is 20.9 Å². The highest BCUT2D eigenvalue weighted by atomic mass is 32.1. The zero-order valence-corrected chi connectivity index (χ0v) is 14.9. The van der Waals surface area contributed by atoms with Gasteiger partial charge in [-0.15, -0.1) is 11.3 Å². The summed E-state index contributed by atoms with van der Waals surface area (Å²) >= 11 is 1.66. The van der Waals surface area contributed by atoms with Crippen molar-refractivity contribution in [3.05, 3.63) is 70.7 Å². The molecule has 4 heterocycles. The average molecular weight is 364 g/mol. The van der Waals surface area contributed by atoms with Crippen LogP contribution in [0.15, 0.2) is 48.1 Å². The van der Waals surface area contributed by atoms with Crippen LogP contribution in [-0.2, 0) is 19.5 Å². The van der Waals surface area contributed by atoms with Crippen LogP contribution in [0, 0.1) is 5.82 Å². The first-order valence-electron chi connectivity index (χ1n) is 8.63. The zero-order valence-electron chi connectivity index (χ0n) is 14.1. The summed E-state index contributed by atoms with van der Waals surface area (Å²) in [4.78, 5) is 16.0. The zero-order chi connectivity index (χ0) is 17.5. The van der Waals surface area contributed by atoms with E-state index < -0.39 is 0 Å². The Morgan fingerprint density at radius 1 is 1.27 bits per heavy atom. The Labute approximate surface area is 154 Å². The molecule has 130 valence electrons. The van der Waals surface area contributed by atoms with Gasteiger partial charge in [0.25, 0.3) is 0 Å². The molecule has 3 aromatic heterocycles. The second-order valence-corrected chi connectivity index (χ2v) is 7.56. The number of fused-ring (bicyclic) bond motifs is 2. The van der Waals surface area contributed by atoms with Gasteiger partial charge in [0.15, 0.2) is 5.82 Å². The topological polar surface area (TPSA) is 44.8 Å². The summed E-state index contributed by atoms with van der Waals surface area (Å²) in [6, 6.07) is 8.96. The van der Waals surface area contributed by atoms with E-state index in [0.717, 1.165) is 58.9 Å². The van der Waals surface area contributed by atoms with Gasteiger partial charge < -0.3 is 4.98 Å². The first kappa shape index (κ1) is 15.7. The number of hydrogen-bond donors (Lipinski definition) is 1. The van der Waals surface area contributed by atoms with Crippen molar-refractivity contribution >= 4 is 22.2 Å². The van der Waals surface area contributed by atoms with Crippen molar-refractivity contribution in [2.45, 2.75) is 19.5 Å². The second kappa shape index (κ2) is 6.30. The van der Waals surface area contributed by atoms with Crippen LogP contribution in [0.25, 0.3) is 21.6 Å². The van der Waals surface area contributed by atoms with Crippen molar-refractivity contribution in [1.82, 2.24) is 19.9 Å². The van der Waals surface area contributed by atoms with Crippen LogP contribution >= 0.6 is 11.3 Å². The average Bonchev–Trinajstić information content (AvgIpc) is 3.32. The van der Waals surface area contributed by atoms with E-state index in [9.17, 15) is 4.39 Å². The van der Waals surface area contributed by atoms with E-state index in [-0.39, 0.29) is 5.82 Å². The van der Waals surface area contributed by atoms with Crippen molar-refractivity contribution < 1.29 is 4.39 Å². The number of benzene rings is 1. The van der Waals surface area contributed by atoms with Gasteiger partial charge in [0.2, 0.25) is 0 Å². The van der Waals surface area contributed by atoms with Gasteiger partial charge in [-0.3, -0.25) is 4.90 Å². The fraction of sp³-hybridized carbons (Fsp3) is 0.200. The third-order valence-corrected chi connectivity index (χ3v) is 5.74. The molecule has 0 unspecified atom stereocenters. The number of rotatable bonds is 3. The molecule has 1 aliphatic heterocycles.